The molecule has 0 aromatic rings. The van der Waals surface area contributed by atoms with Crippen molar-refractivity contribution in [2.75, 3.05) is 7.11 Å². The Labute approximate surface area is 78.1 Å². The number of hydrogen-bond donors (Lipinski definition) is 0. The van der Waals surface area contributed by atoms with Crippen LogP contribution in [-0.2, 0) is 14.3 Å². The fourth-order valence-corrected chi connectivity index (χ4v) is 0.782. The molecule has 0 bridgehead atoms. The summed E-state index contributed by atoms with van der Waals surface area (Å²) in [5, 5.41) is 0. The molecule has 0 aliphatic heterocycles. The van der Waals surface area contributed by atoms with Crippen molar-refractivity contribution in [3.05, 3.63) is 23.8 Å². The highest BCUT2D eigenvalue weighted by Crippen LogP contribution is 1.99. The molecule has 0 aromatic carbocycles. The van der Waals surface area contributed by atoms with Gasteiger partial charge in [0.2, 0.25) is 0 Å². The number of allylic oxidation sites excluding steroid dienone is 3. The van der Waals surface area contributed by atoms with E-state index in [4.69, 9.17) is 0 Å². The van der Waals surface area contributed by atoms with Gasteiger partial charge in [-0.3, -0.25) is 9.59 Å². The van der Waals surface area contributed by atoms with E-state index in [0.29, 0.717) is 5.57 Å². The topological polar surface area (TPSA) is 43.4 Å². The Morgan fingerprint density at radius 3 is 2.38 bits per heavy atom. The molecule has 13 heavy (non-hydrogen) atoms. The van der Waals surface area contributed by atoms with Crippen molar-refractivity contribution < 1.29 is 14.3 Å². The lowest BCUT2D eigenvalue weighted by molar-refractivity contribution is -0.139. The van der Waals surface area contributed by atoms with E-state index in [9.17, 15) is 9.59 Å². The third-order valence-electron chi connectivity index (χ3n) is 1.53. The van der Waals surface area contributed by atoms with E-state index >= 15 is 0 Å². The first kappa shape index (κ1) is 11.6. The molecule has 0 saturated heterocycles. The van der Waals surface area contributed by atoms with Gasteiger partial charge in [0.1, 0.15) is 0 Å². The summed E-state index contributed by atoms with van der Waals surface area (Å²) in [5.74, 6) is -0.320. The Kier molecular flexibility index (Phi) is 5.52. The van der Waals surface area contributed by atoms with Crippen molar-refractivity contribution in [1.29, 1.82) is 0 Å². The summed E-state index contributed by atoms with van der Waals surface area (Å²) in [6.07, 6.45) is 5.14. The quantitative estimate of drug-likeness (QED) is 0.377. The molecule has 0 aromatic heterocycles. The normalized spacial score (nSPS) is 11.8. The molecule has 0 N–H and O–H groups in total. The fraction of sp³-hybridized carbons (Fsp3) is 0.400. The summed E-state index contributed by atoms with van der Waals surface area (Å²) in [4.78, 5) is 21.6. The summed E-state index contributed by atoms with van der Waals surface area (Å²) in [6, 6.07) is 0. The molecule has 3 heteroatoms. The van der Waals surface area contributed by atoms with Crippen LogP contribution in [0.3, 0.4) is 0 Å². The molecule has 0 spiro atoms. The lowest BCUT2D eigenvalue weighted by atomic mass is 10.1. The van der Waals surface area contributed by atoms with Crippen LogP contribution >= 0.6 is 0 Å². The molecule has 72 valence electrons. The van der Waals surface area contributed by atoms with Crippen LogP contribution in [0.1, 0.15) is 20.3 Å². The number of carbonyl (C=O) groups excluding carboxylic acids is 2. The molecule has 0 saturated carbocycles. The van der Waals surface area contributed by atoms with Crippen LogP contribution in [0.15, 0.2) is 23.8 Å². The number of Topliss-reactive ketones (excluding diaryl/α,β-unsaturated/α-hetero) is 1. The van der Waals surface area contributed by atoms with Gasteiger partial charge in [0.05, 0.1) is 13.5 Å². The minimum absolute atomic E-state index is 0.0105. The first-order valence-corrected chi connectivity index (χ1v) is 4.02. The van der Waals surface area contributed by atoms with Crippen LogP contribution in [0.4, 0.5) is 0 Å². The summed E-state index contributed by atoms with van der Waals surface area (Å²) in [5.41, 5.74) is 0.601. The molecule has 0 fully saturated rings. The molecule has 3 nitrogen and oxygen atoms in total. The molecule has 0 atom stereocenters. The first-order chi connectivity index (χ1) is 6.11. The summed E-state index contributed by atoms with van der Waals surface area (Å²) < 4.78 is 4.43. The van der Waals surface area contributed by atoms with Gasteiger partial charge in [-0.2, -0.15) is 0 Å². The van der Waals surface area contributed by atoms with Crippen LogP contribution in [0.5, 0.6) is 0 Å². The zero-order valence-corrected chi connectivity index (χ0v) is 8.16. The van der Waals surface area contributed by atoms with E-state index in [-0.39, 0.29) is 18.2 Å². The lowest BCUT2D eigenvalue weighted by Gasteiger charge is -1.94. The number of ether oxygens (including phenoxy) is 1. The largest absolute Gasteiger partial charge is 0.469 e. The van der Waals surface area contributed by atoms with Crippen LogP contribution in [0.25, 0.3) is 0 Å². The van der Waals surface area contributed by atoms with Crippen molar-refractivity contribution in [2.24, 2.45) is 0 Å². The molecule has 0 unspecified atom stereocenters. The molecular weight excluding hydrogens is 168 g/mol. The van der Waals surface area contributed by atoms with Crippen LogP contribution in [-0.4, -0.2) is 18.9 Å². The van der Waals surface area contributed by atoms with E-state index in [1.807, 2.05) is 0 Å². The Morgan fingerprint density at radius 2 is 2.00 bits per heavy atom. The lowest BCUT2D eigenvalue weighted by Crippen LogP contribution is -1.98. The van der Waals surface area contributed by atoms with E-state index < -0.39 is 0 Å². The number of methoxy groups -OCH3 is 1. The summed E-state index contributed by atoms with van der Waals surface area (Å²) in [6.45, 7) is 3.26. The zero-order chi connectivity index (χ0) is 10.3. The third-order valence-corrected chi connectivity index (χ3v) is 1.53. The number of carbonyl (C=O) groups is 2. The number of hydrogen-bond acceptors (Lipinski definition) is 3. The highest BCUT2D eigenvalue weighted by molar-refractivity contribution is 5.96. The minimum Gasteiger partial charge on any atom is -0.469 e. The van der Waals surface area contributed by atoms with E-state index in [1.165, 1.54) is 14.0 Å². The van der Waals surface area contributed by atoms with Gasteiger partial charge in [-0.25, -0.2) is 0 Å². The standard InChI is InChI=1S/C10H14O3/c1-4-9(8(2)11)6-5-7-10(12)13-3/h4-6H,7H2,1-3H3/b6-5-,9-4+. The van der Waals surface area contributed by atoms with Gasteiger partial charge in [0.25, 0.3) is 0 Å². The molecule has 0 radical (unpaired) electrons. The van der Waals surface area contributed by atoms with Crippen molar-refractivity contribution in [2.45, 2.75) is 20.3 Å². The predicted molar refractivity (Wildman–Crippen MR) is 50.2 cm³/mol. The molecule has 0 aliphatic rings. The van der Waals surface area contributed by atoms with E-state index in [1.54, 1.807) is 25.2 Å². The van der Waals surface area contributed by atoms with Crippen LogP contribution in [0, 0.1) is 0 Å². The van der Waals surface area contributed by atoms with E-state index in [0.717, 1.165) is 0 Å². The Hall–Kier alpha value is -1.38. The predicted octanol–water partition coefficient (Wildman–Crippen LogP) is 1.64. The second kappa shape index (κ2) is 6.17. The van der Waals surface area contributed by atoms with E-state index in [2.05, 4.69) is 4.74 Å². The van der Waals surface area contributed by atoms with Crippen LogP contribution < -0.4 is 0 Å². The highest BCUT2D eigenvalue weighted by Gasteiger charge is 1.98. The number of ketones is 1. The van der Waals surface area contributed by atoms with Gasteiger partial charge < -0.3 is 4.74 Å². The average Bonchev–Trinajstić information content (AvgIpc) is 2.11. The molecule has 0 aliphatic carbocycles. The summed E-state index contributed by atoms with van der Waals surface area (Å²) >= 11 is 0. The monoisotopic (exact) mass is 182 g/mol. The second-order valence-corrected chi connectivity index (χ2v) is 2.48. The minimum atomic E-state index is -0.310. The smallest absolute Gasteiger partial charge is 0.309 e. The maximum atomic E-state index is 10.9. The molecule has 0 heterocycles. The molecule has 0 rings (SSSR count). The van der Waals surface area contributed by atoms with Crippen molar-refractivity contribution in [1.82, 2.24) is 0 Å². The molecular formula is C10H14O3. The van der Waals surface area contributed by atoms with Gasteiger partial charge in [-0.05, 0) is 13.8 Å². The Bertz CT molecular complexity index is 249. The highest BCUT2D eigenvalue weighted by atomic mass is 16.5. The average molecular weight is 182 g/mol. The summed E-state index contributed by atoms with van der Waals surface area (Å²) in [7, 11) is 1.33. The number of rotatable bonds is 4. The Morgan fingerprint density at radius 1 is 1.38 bits per heavy atom. The second-order valence-electron chi connectivity index (χ2n) is 2.48. The van der Waals surface area contributed by atoms with Crippen LogP contribution in [0.2, 0.25) is 0 Å². The van der Waals surface area contributed by atoms with Crippen molar-refractivity contribution in [3.8, 4) is 0 Å². The maximum absolute atomic E-state index is 10.9. The van der Waals surface area contributed by atoms with Gasteiger partial charge in [0, 0.05) is 5.57 Å². The van der Waals surface area contributed by atoms with Gasteiger partial charge in [-0.15, -0.1) is 0 Å². The SMILES string of the molecule is C/C=C(\C=C/CC(=O)OC)C(C)=O. The maximum Gasteiger partial charge on any atom is 0.309 e. The van der Waals surface area contributed by atoms with Crippen molar-refractivity contribution in [3.63, 3.8) is 0 Å². The third kappa shape index (κ3) is 4.95. The Balaban J connectivity index is 4.11. The number of esters is 1. The van der Waals surface area contributed by atoms with Crippen molar-refractivity contribution >= 4 is 11.8 Å². The zero-order valence-electron chi connectivity index (χ0n) is 8.16. The van der Waals surface area contributed by atoms with Gasteiger partial charge >= 0.3 is 5.97 Å². The molecule has 0 amide bonds. The van der Waals surface area contributed by atoms with Gasteiger partial charge in [0.15, 0.2) is 5.78 Å². The fourth-order valence-electron chi connectivity index (χ4n) is 0.782. The first-order valence-electron chi connectivity index (χ1n) is 4.02. The van der Waals surface area contributed by atoms with Gasteiger partial charge in [-0.1, -0.05) is 18.2 Å².